The van der Waals surface area contributed by atoms with Gasteiger partial charge in [-0.25, -0.2) is 4.98 Å². The molecule has 1 aromatic carbocycles. The molecule has 0 saturated carbocycles. The number of oxazole rings is 1. The average molecular weight is 323 g/mol. The molecule has 1 unspecified atom stereocenters. The van der Waals surface area contributed by atoms with Crippen LogP contribution in [0.15, 0.2) is 33.3 Å². The van der Waals surface area contributed by atoms with E-state index in [4.69, 9.17) is 4.42 Å². The number of aromatic nitrogens is 1. The number of nitrogens with zero attached hydrogens (tertiary/aromatic N) is 1. The van der Waals surface area contributed by atoms with Crippen LogP contribution >= 0.6 is 15.9 Å². The fourth-order valence-electron chi connectivity index (χ4n) is 1.65. The Labute approximate surface area is 120 Å². The van der Waals surface area contributed by atoms with Crippen molar-refractivity contribution in [1.82, 2.24) is 10.3 Å². The Bertz CT molecular complexity index is 607. The Hall–Kier alpha value is -1.62. The topological polar surface area (TPSA) is 55.1 Å². The zero-order valence-electron chi connectivity index (χ0n) is 11.0. The van der Waals surface area contributed by atoms with Gasteiger partial charge in [-0.15, -0.1) is 0 Å². The molecule has 0 bridgehead atoms. The molecule has 1 aromatic heterocycles. The van der Waals surface area contributed by atoms with Gasteiger partial charge in [0.1, 0.15) is 11.8 Å². The summed E-state index contributed by atoms with van der Waals surface area (Å²) in [5.41, 5.74) is 1.69. The summed E-state index contributed by atoms with van der Waals surface area (Å²) in [4.78, 5) is 16.2. The predicted molar refractivity (Wildman–Crippen MR) is 76.0 cm³/mol. The molecule has 5 heteroatoms. The van der Waals surface area contributed by atoms with Gasteiger partial charge in [0.25, 0.3) is 5.91 Å². The van der Waals surface area contributed by atoms with Gasteiger partial charge in [0.15, 0.2) is 0 Å². The maximum atomic E-state index is 12.1. The number of hydrogen-bond acceptors (Lipinski definition) is 3. The number of aryl methyl sites for hydroxylation is 2. The van der Waals surface area contributed by atoms with Crippen LogP contribution in [0.25, 0.3) is 0 Å². The van der Waals surface area contributed by atoms with Crippen molar-refractivity contribution in [1.29, 1.82) is 0 Å². The molecule has 0 aliphatic heterocycles. The van der Waals surface area contributed by atoms with E-state index in [1.807, 2.05) is 26.8 Å². The summed E-state index contributed by atoms with van der Waals surface area (Å²) in [5, 5.41) is 2.86. The predicted octanol–water partition coefficient (Wildman–Crippen LogP) is 3.54. The molecule has 4 nitrogen and oxygen atoms in total. The second-order valence-corrected chi connectivity index (χ2v) is 5.32. The van der Waals surface area contributed by atoms with E-state index in [1.165, 1.54) is 0 Å². The van der Waals surface area contributed by atoms with E-state index < -0.39 is 0 Å². The molecule has 0 aliphatic carbocycles. The van der Waals surface area contributed by atoms with Crippen LogP contribution in [-0.2, 0) is 0 Å². The van der Waals surface area contributed by atoms with Gasteiger partial charge in [-0.3, -0.25) is 4.79 Å². The minimum absolute atomic E-state index is 0.149. The first kappa shape index (κ1) is 13.8. The monoisotopic (exact) mass is 322 g/mol. The van der Waals surface area contributed by atoms with E-state index in [0.717, 1.165) is 15.8 Å². The fraction of sp³-hybridized carbons (Fsp3) is 0.286. The summed E-state index contributed by atoms with van der Waals surface area (Å²) in [6.07, 6.45) is 1.64. The Morgan fingerprint density at radius 3 is 2.74 bits per heavy atom. The summed E-state index contributed by atoms with van der Waals surface area (Å²) in [6, 6.07) is 5.24. The van der Waals surface area contributed by atoms with Gasteiger partial charge in [0.2, 0.25) is 5.89 Å². The van der Waals surface area contributed by atoms with Crippen LogP contribution in [0.2, 0.25) is 0 Å². The lowest BCUT2D eigenvalue weighted by molar-refractivity contribution is 0.0934. The van der Waals surface area contributed by atoms with Crippen LogP contribution in [0.1, 0.15) is 40.5 Å². The number of hydrogen-bond donors (Lipinski definition) is 1. The van der Waals surface area contributed by atoms with Crippen molar-refractivity contribution in [2.24, 2.45) is 0 Å². The molecule has 0 radical (unpaired) electrons. The van der Waals surface area contributed by atoms with Gasteiger partial charge in [-0.1, -0.05) is 22.0 Å². The number of halogens is 1. The molecule has 0 fully saturated rings. The number of amides is 1. The highest BCUT2D eigenvalue weighted by atomic mass is 79.9. The third kappa shape index (κ3) is 3.23. The first-order valence-corrected chi connectivity index (χ1v) is 6.76. The van der Waals surface area contributed by atoms with Crippen molar-refractivity contribution < 1.29 is 9.21 Å². The standard InChI is InChI=1S/C14H15BrN2O2/c1-8-4-5-11(6-12(8)15)13(18)17-10(3)14-16-7-9(2)19-14/h4-7,10H,1-3H3,(H,17,18). The first-order chi connectivity index (χ1) is 8.97. The van der Waals surface area contributed by atoms with Crippen molar-refractivity contribution >= 4 is 21.8 Å². The van der Waals surface area contributed by atoms with E-state index in [0.29, 0.717) is 11.5 Å². The lowest BCUT2D eigenvalue weighted by Gasteiger charge is -2.11. The van der Waals surface area contributed by atoms with Crippen LogP contribution in [0, 0.1) is 13.8 Å². The smallest absolute Gasteiger partial charge is 0.251 e. The molecule has 0 aliphatic rings. The van der Waals surface area contributed by atoms with E-state index in [-0.39, 0.29) is 11.9 Å². The Morgan fingerprint density at radius 1 is 1.42 bits per heavy atom. The van der Waals surface area contributed by atoms with Gasteiger partial charge in [-0.2, -0.15) is 0 Å². The molecule has 0 spiro atoms. The molecular formula is C14H15BrN2O2. The van der Waals surface area contributed by atoms with Crippen molar-refractivity contribution in [2.75, 3.05) is 0 Å². The molecule has 2 aromatic rings. The minimum Gasteiger partial charge on any atom is -0.444 e. The summed E-state index contributed by atoms with van der Waals surface area (Å²) in [7, 11) is 0. The fourth-order valence-corrected chi connectivity index (χ4v) is 2.03. The van der Waals surface area contributed by atoms with Gasteiger partial charge in [0, 0.05) is 10.0 Å². The molecular weight excluding hydrogens is 308 g/mol. The molecule has 2 rings (SSSR count). The Balaban J connectivity index is 2.10. The zero-order valence-corrected chi connectivity index (χ0v) is 12.6. The van der Waals surface area contributed by atoms with Gasteiger partial charge in [-0.05, 0) is 38.5 Å². The third-order valence-corrected chi connectivity index (χ3v) is 3.65. The summed E-state index contributed by atoms with van der Waals surface area (Å²) in [6.45, 7) is 5.64. The highest BCUT2D eigenvalue weighted by Gasteiger charge is 2.15. The first-order valence-electron chi connectivity index (χ1n) is 5.96. The average Bonchev–Trinajstić information content (AvgIpc) is 2.79. The van der Waals surface area contributed by atoms with Crippen molar-refractivity contribution in [3.8, 4) is 0 Å². The van der Waals surface area contributed by atoms with Crippen LogP contribution in [0.4, 0.5) is 0 Å². The van der Waals surface area contributed by atoms with Crippen LogP contribution in [0.5, 0.6) is 0 Å². The van der Waals surface area contributed by atoms with Gasteiger partial charge >= 0.3 is 0 Å². The summed E-state index contributed by atoms with van der Waals surface area (Å²) >= 11 is 3.42. The molecule has 1 amide bonds. The highest BCUT2D eigenvalue weighted by molar-refractivity contribution is 9.10. The second kappa shape index (κ2) is 5.57. The van der Waals surface area contributed by atoms with Crippen LogP contribution in [-0.4, -0.2) is 10.9 Å². The minimum atomic E-state index is -0.263. The quantitative estimate of drug-likeness (QED) is 0.940. The third-order valence-electron chi connectivity index (χ3n) is 2.79. The van der Waals surface area contributed by atoms with Crippen molar-refractivity contribution in [2.45, 2.75) is 26.8 Å². The Kier molecular flexibility index (Phi) is 4.04. The molecule has 19 heavy (non-hydrogen) atoms. The van der Waals surface area contributed by atoms with E-state index in [1.54, 1.807) is 18.3 Å². The maximum absolute atomic E-state index is 12.1. The molecule has 0 saturated heterocycles. The van der Waals surface area contributed by atoms with Gasteiger partial charge in [0.05, 0.1) is 6.20 Å². The maximum Gasteiger partial charge on any atom is 0.251 e. The SMILES string of the molecule is Cc1cnc(C(C)NC(=O)c2ccc(C)c(Br)c2)o1. The number of benzene rings is 1. The van der Waals surface area contributed by atoms with Crippen molar-refractivity contribution in [3.05, 3.63) is 51.6 Å². The largest absolute Gasteiger partial charge is 0.444 e. The normalized spacial score (nSPS) is 12.2. The van der Waals surface area contributed by atoms with Crippen LogP contribution in [0.3, 0.4) is 0 Å². The number of carbonyl (C=O) groups excluding carboxylic acids is 1. The summed E-state index contributed by atoms with van der Waals surface area (Å²) < 4.78 is 6.31. The number of carbonyl (C=O) groups is 1. The second-order valence-electron chi connectivity index (χ2n) is 4.47. The van der Waals surface area contributed by atoms with E-state index in [9.17, 15) is 4.79 Å². The van der Waals surface area contributed by atoms with Gasteiger partial charge < -0.3 is 9.73 Å². The van der Waals surface area contributed by atoms with E-state index >= 15 is 0 Å². The van der Waals surface area contributed by atoms with Crippen molar-refractivity contribution in [3.63, 3.8) is 0 Å². The summed E-state index contributed by atoms with van der Waals surface area (Å²) in [5.74, 6) is 1.09. The number of nitrogens with one attached hydrogen (secondary N) is 1. The highest BCUT2D eigenvalue weighted by Crippen LogP contribution is 2.18. The number of rotatable bonds is 3. The van der Waals surface area contributed by atoms with Crippen LogP contribution < -0.4 is 5.32 Å². The zero-order chi connectivity index (χ0) is 14.0. The van der Waals surface area contributed by atoms with E-state index in [2.05, 4.69) is 26.2 Å². The molecule has 1 heterocycles. The molecule has 1 N–H and O–H groups in total. The lowest BCUT2D eigenvalue weighted by Crippen LogP contribution is -2.26. The Morgan fingerprint density at radius 2 is 2.16 bits per heavy atom. The lowest BCUT2D eigenvalue weighted by atomic mass is 10.1. The molecule has 1 atom stereocenters. The molecule has 100 valence electrons.